The first-order valence-corrected chi connectivity index (χ1v) is 12.7. The van der Waals surface area contributed by atoms with E-state index in [0.717, 1.165) is 25.0 Å². The molecule has 1 N–H and O–H groups in total. The Bertz CT molecular complexity index is 953. The van der Waals surface area contributed by atoms with E-state index in [0.29, 0.717) is 50.7 Å². The van der Waals surface area contributed by atoms with Gasteiger partial charge >= 0.3 is 12.3 Å². The lowest BCUT2D eigenvalue weighted by molar-refractivity contribution is -0.145. The number of hydrogen-bond acceptors (Lipinski definition) is 5. The van der Waals surface area contributed by atoms with E-state index in [-0.39, 0.29) is 17.7 Å². The predicted octanol–water partition coefficient (Wildman–Crippen LogP) is 5.02. The summed E-state index contributed by atoms with van der Waals surface area (Å²) in [6.07, 6.45) is -2.61. The number of carbonyl (C=O) groups excluding carboxylic acids is 2. The Hall–Kier alpha value is -2.52. The van der Waals surface area contributed by atoms with Crippen molar-refractivity contribution in [3.63, 3.8) is 0 Å². The number of rotatable bonds is 5. The van der Waals surface area contributed by atoms with Crippen LogP contribution in [0.25, 0.3) is 0 Å². The molecule has 2 aliphatic rings. The van der Waals surface area contributed by atoms with E-state index in [2.05, 4.69) is 24.1 Å². The van der Waals surface area contributed by atoms with Crippen molar-refractivity contribution in [2.45, 2.75) is 72.6 Å². The molecule has 36 heavy (non-hydrogen) atoms. The smallest absolute Gasteiger partial charge is 0.416 e. The molecule has 10 heteroatoms. The Morgan fingerprint density at radius 3 is 2.36 bits per heavy atom. The Balaban J connectivity index is 1.62. The van der Waals surface area contributed by atoms with E-state index in [9.17, 15) is 22.8 Å². The monoisotopic (exact) mass is 512 g/mol. The van der Waals surface area contributed by atoms with Gasteiger partial charge in [0.2, 0.25) is 5.91 Å². The normalized spacial score (nSPS) is 23.2. The first-order chi connectivity index (χ1) is 16.6. The van der Waals surface area contributed by atoms with Gasteiger partial charge in [-0.15, -0.1) is 0 Å². The summed E-state index contributed by atoms with van der Waals surface area (Å²) in [6, 6.07) is 2.13. The third kappa shape index (κ3) is 6.62. The molecule has 0 bridgehead atoms. The molecule has 1 aromatic rings. The van der Waals surface area contributed by atoms with Gasteiger partial charge in [0.25, 0.3) is 0 Å². The van der Waals surface area contributed by atoms with Gasteiger partial charge in [0.1, 0.15) is 11.4 Å². The minimum absolute atomic E-state index is 0.102. The van der Waals surface area contributed by atoms with Crippen LogP contribution in [0.5, 0.6) is 0 Å². The molecular formula is C26H39F3N4O3. The first-order valence-electron chi connectivity index (χ1n) is 12.7. The maximum absolute atomic E-state index is 13.7. The van der Waals surface area contributed by atoms with Crippen LogP contribution in [0.1, 0.15) is 65.1 Å². The number of alkyl carbamates (subject to hydrolysis) is 1. The van der Waals surface area contributed by atoms with E-state index in [1.165, 1.54) is 0 Å². The number of alkyl halides is 3. The lowest BCUT2D eigenvalue weighted by Crippen LogP contribution is -2.54. The van der Waals surface area contributed by atoms with Gasteiger partial charge in [0.05, 0.1) is 11.0 Å². The zero-order chi connectivity index (χ0) is 26.9. The number of pyridine rings is 1. The molecular weight excluding hydrogens is 473 g/mol. The molecule has 1 saturated carbocycles. The number of piperazine rings is 1. The fourth-order valence-electron chi connectivity index (χ4n) is 5.29. The molecule has 2 fully saturated rings. The number of nitrogens with one attached hydrogen (secondary N) is 1. The van der Waals surface area contributed by atoms with Crippen molar-refractivity contribution in [1.82, 2.24) is 15.2 Å². The number of anilines is 1. The van der Waals surface area contributed by atoms with Crippen molar-refractivity contribution in [1.29, 1.82) is 0 Å². The molecule has 0 radical (unpaired) electrons. The quantitative estimate of drug-likeness (QED) is 0.599. The van der Waals surface area contributed by atoms with Crippen LogP contribution >= 0.6 is 0 Å². The van der Waals surface area contributed by atoms with Gasteiger partial charge in [-0.05, 0) is 70.9 Å². The van der Waals surface area contributed by atoms with Crippen LogP contribution in [-0.4, -0.2) is 60.2 Å². The number of halogens is 3. The van der Waals surface area contributed by atoms with Gasteiger partial charge in [-0.3, -0.25) is 4.79 Å². The number of carbonyl (C=O) groups is 2. The topological polar surface area (TPSA) is 74.8 Å². The van der Waals surface area contributed by atoms with E-state index in [4.69, 9.17) is 4.74 Å². The Morgan fingerprint density at radius 1 is 1.17 bits per heavy atom. The Kier molecular flexibility index (Phi) is 8.15. The van der Waals surface area contributed by atoms with Crippen LogP contribution in [-0.2, 0) is 15.7 Å². The molecule has 3 rings (SSSR count). The van der Waals surface area contributed by atoms with Crippen LogP contribution < -0.4 is 10.2 Å². The second-order valence-corrected chi connectivity index (χ2v) is 11.4. The largest absolute Gasteiger partial charge is 0.444 e. The number of aryl methyl sites for hydroxylation is 1. The van der Waals surface area contributed by atoms with Crippen LogP contribution in [0.3, 0.4) is 0 Å². The fraction of sp³-hybridized carbons (Fsp3) is 0.731. The van der Waals surface area contributed by atoms with Gasteiger partial charge in [0, 0.05) is 38.4 Å². The number of aromatic nitrogens is 1. The molecule has 1 aromatic heterocycles. The highest BCUT2D eigenvalue weighted by molar-refractivity contribution is 5.83. The molecule has 0 unspecified atom stereocenters. The molecule has 2 amide bonds. The summed E-state index contributed by atoms with van der Waals surface area (Å²) in [6.45, 7) is 13.3. The van der Waals surface area contributed by atoms with Crippen molar-refractivity contribution in [2.24, 2.45) is 17.3 Å². The summed E-state index contributed by atoms with van der Waals surface area (Å²) in [7, 11) is 0. The zero-order valence-corrected chi connectivity index (χ0v) is 22.2. The van der Waals surface area contributed by atoms with E-state index in [1.54, 1.807) is 6.92 Å². The Labute approximate surface area is 211 Å². The van der Waals surface area contributed by atoms with Crippen molar-refractivity contribution in [3.8, 4) is 0 Å². The van der Waals surface area contributed by atoms with E-state index in [1.807, 2.05) is 30.6 Å². The molecule has 1 aliphatic heterocycles. The fourth-order valence-corrected chi connectivity index (χ4v) is 5.29. The predicted molar refractivity (Wildman–Crippen MR) is 132 cm³/mol. The lowest BCUT2D eigenvalue weighted by atomic mass is 9.73. The van der Waals surface area contributed by atoms with Gasteiger partial charge in [-0.25, -0.2) is 9.78 Å². The summed E-state index contributed by atoms with van der Waals surface area (Å²) in [4.78, 5) is 33.8. The lowest BCUT2D eigenvalue weighted by Gasteiger charge is -2.42. The second kappa shape index (κ2) is 10.5. The molecule has 202 valence electrons. The average Bonchev–Trinajstić information content (AvgIpc) is 3.21. The van der Waals surface area contributed by atoms with Crippen molar-refractivity contribution < 1.29 is 27.5 Å². The summed E-state index contributed by atoms with van der Waals surface area (Å²) in [5.74, 6) is 0.706. The molecule has 7 nitrogen and oxygen atoms in total. The minimum Gasteiger partial charge on any atom is -0.444 e. The molecule has 1 saturated heterocycles. The van der Waals surface area contributed by atoms with Crippen LogP contribution in [0.4, 0.5) is 23.8 Å². The van der Waals surface area contributed by atoms with Crippen molar-refractivity contribution in [3.05, 3.63) is 23.4 Å². The second-order valence-electron chi connectivity index (χ2n) is 11.4. The zero-order valence-electron chi connectivity index (χ0n) is 22.2. The minimum atomic E-state index is -4.43. The molecule has 1 aliphatic carbocycles. The summed E-state index contributed by atoms with van der Waals surface area (Å²) >= 11 is 0. The van der Waals surface area contributed by atoms with Gasteiger partial charge in [0.15, 0.2) is 0 Å². The van der Waals surface area contributed by atoms with E-state index >= 15 is 0 Å². The maximum atomic E-state index is 13.7. The average molecular weight is 513 g/mol. The van der Waals surface area contributed by atoms with Gasteiger partial charge in [-0.1, -0.05) is 13.8 Å². The third-order valence-electron chi connectivity index (χ3n) is 7.27. The van der Waals surface area contributed by atoms with E-state index < -0.39 is 28.8 Å². The first kappa shape index (κ1) is 28.1. The number of nitrogens with zero attached hydrogens (tertiary/aromatic N) is 3. The number of hydrogen-bond donors (Lipinski definition) is 1. The van der Waals surface area contributed by atoms with Crippen LogP contribution in [0.2, 0.25) is 0 Å². The molecule has 2 heterocycles. The highest BCUT2D eigenvalue weighted by Gasteiger charge is 2.49. The van der Waals surface area contributed by atoms with Crippen molar-refractivity contribution in [2.75, 3.05) is 37.6 Å². The van der Waals surface area contributed by atoms with Gasteiger partial charge < -0.3 is 19.9 Å². The Morgan fingerprint density at radius 2 is 1.81 bits per heavy atom. The summed E-state index contributed by atoms with van der Waals surface area (Å²) in [5.41, 5.74) is -1.47. The van der Waals surface area contributed by atoms with Crippen molar-refractivity contribution >= 4 is 17.8 Å². The highest BCUT2D eigenvalue weighted by Crippen LogP contribution is 2.48. The standard InChI is InChI=1S/C26H39F3N4O3/c1-17(2)25(8-7-19(15-25)16-30-23(35)36-24(4,5)6)22(34)33-11-9-32(10-12-33)21-14-20(26(27,28)29)13-18(3)31-21/h13-14,17,19H,7-12,15-16H2,1-6H3,(H,30,35)/t19-,25+/m1/s1. The summed E-state index contributed by atoms with van der Waals surface area (Å²) in [5, 5.41) is 2.84. The third-order valence-corrected chi connectivity index (χ3v) is 7.27. The highest BCUT2D eigenvalue weighted by atomic mass is 19.4. The molecule has 0 aromatic carbocycles. The molecule has 0 spiro atoms. The number of ether oxygens (including phenoxy) is 1. The van der Waals surface area contributed by atoms with Crippen LogP contribution in [0.15, 0.2) is 12.1 Å². The summed E-state index contributed by atoms with van der Waals surface area (Å²) < 4.78 is 45.1. The maximum Gasteiger partial charge on any atom is 0.416 e. The van der Waals surface area contributed by atoms with Gasteiger partial charge in [-0.2, -0.15) is 13.2 Å². The SMILES string of the molecule is Cc1cc(C(F)(F)F)cc(N2CCN(C(=O)[C@@]3(C(C)C)CC[C@@H](CNC(=O)OC(C)(C)C)C3)CC2)n1. The number of amides is 2. The molecule has 2 atom stereocenters. The van der Waals surface area contributed by atoms with Crippen LogP contribution in [0, 0.1) is 24.2 Å².